The number of nitrogens with zero attached hydrogens (tertiary/aromatic N) is 2. The van der Waals surface area contributed by atoms with Crippen LogP contribution in [-0.4, -0.2) is 15.2 Å². The van der Waals surface area contributed by atoms with Crippen molar-refractivity contribution in [3.8, 4) is 11.8 Å². The molecule has 2 aromatic heterocycles. The Morgan fingerprint density at radius 1 is 1.29 bits per heavy atom. The molecule has 0 unspecified atom stereocenters. The van der Waals surface area contributed by atoms with Crippen molar-refractivity contribution in [3.63, 3.8) is 0 Å². The average molecular weight is 351 g/mol. The zero-order chi connectivity index (χ0) is 17.5. The Labute approximate surface area is 141 Å². The molecule has 8 heteroatoms. The van der Waals surface area contributed by atoms with E-state index in [0.29, 0.717) is 16.8 Å². The van der Waals surface area contributed by atoms with Gasteiger partial charge in [-0.1, -0.05) is 37.5 Å². The van der Waals surface area contributed by atoms with Crippen molar-refractivity contribution in [2.75, 3.05) is 0 Å². The first kappa shape index (κ1) is 16.3. The second-order valence-electron chi connectivity index (χ2n) is 6.31. The molecule has 24 heavy (non-hydrogen) atoms. The van der Waals surface area contributed by atoms with E-state index in [1.165, 1.54) is 18.2 Å². The molecule has 1 N–H and O–H groups in total. The van der Waals surface area contributed by atoms with Gasteiger partial charge in [0, 0.05) is 28.5 Å². The van der Waals surface area contributed by atoms with Crippen molar-refractivity contribution in [2.45, 2.75) is 32.8 Å². The fraction of sp³-hybridized carbons (Fsp3) is 0.312. The highest BCUT2D eigenvalue weighted by molar-refractivity contribution is 6.32. The SMILES string of the molecule is CC(C)(C)c1noc(OCc2cc(=O)oc3cc(O)c(Cl)cc23)n1. The van der Waals surface area contributed by atoms with Gasteiger partial charge in [-0.15, -0.1) is 0 Å². The number of benzene rings is 1. The van der Waals surface area contributed by atoms with Gasteiger partial charge >= 0.3 is 11.7 Å². The summed E-state index contributed by atoms with van der Waals surface area (Å²) in [5.41, 5.74) is -0.0947. The number of hydrogen-bond acceptors (Lipinski definition) is 7. The first-order chi connectivity index (χ1) is 11.2. The normalized spacial score (nSPS) is 11.8. The molecule has 0 saturated carbocycles. The minimum absolute atomic E-state index is 0.00573. The molecule has 1 aromatic carbocycles. The average Bonchev–Trinajstić information content (AvgIpc) is 2.95. The molecule has 0 saturated heterocycles. The van der Waals surface area contributed by atoms with Crippen LogP contribution in [0.15, 0.2) is 31.9 Å². The van der Waals surface area contributed by atoms with Crippen LogP contribution in [0.25, 0.3) is 11.0 Å². The summed E-state index contributed by atoms with van der Waals surface area (Å²) in [6.07, 6.45) is 0.00573. The van der Waals surface area contributed by atoms with Gasteiger partial charge in [-0.05, 0) is 6.07 Å². The highest BCUT2D eigenvalue weighted by Gasteiger charge is 2.21. The molecule has 0 amide bonds. The molecule has 126 valence electrons. The number of aromatic hydroxyl groups is 1. The number of phenolic OH excluding ortho intramolecular Hbond substituents is 1. The van der Waals surface area contributed by atoms with Crippen molar-refractivity contribution in [1.82, 2.24) is 10.1 Å². The number of hydrogen-bond donors (Lipinski definition) is 1. The van der Waals surface area contributed by atoms with E-state index in [4.69, 9.17) is 25.3 Å². The highest BCUT2D eigenvalue weighted by atomic mass is 35.5. The van der Waals surface area contributed by atoms with Crippen LogP contribution in [0.1, 0.15) is 32.2 Å². The second kappa shape index (κ2) is 5.83. The van der Waals surface area contributed by atoms with E-state index in [9.17, 15) is 9.90 Å². The van der Waals surface area contributed by atoms with E-state index in [2.05, 4.69) is 10.1 Å². The van der Waals surface area contributed by atoms with Gasteiger partial charge in [0.25, 0.3) is 0 Å². The Morgan fingerprint density at radius 2 is 2.04 bits per heavy atom. The van der Waals surface area contributed by atoms with Crippen LogP contribution in [0.2, 0.25) is 5.02 Å². The van der Waals surface area contributed by atoms with Gasteiger partial charge in [0.05, 0.1) is 5.02 Å². The van der Waals surface area contributed by atoms with E-state index in [1.807, 2.05) is 20.8 Å². The van der Waals surface area contributed by atoms with Gasteiger partial charge in [-0.3, -0.25) is 4.52 Å². The lowest BCUT2D eigenvalue weighted by molar-refractivity contribution is 0.195. The van der Waals surface area contributed by atoms with Crippen LogP contribution in [0, 0.1) is 0 Å². The van der Waals surface area contributed by atoms with Crippen LogP contribution < -0.4 is 10.4 Å². The van der Waals surface area contributed by atoms with E-state index < -0.39 is 5.63 Å². The van der Waals surface area contributed by atoms with Crippen molar-refractivity contribution in [1.29, 1.82) is 0 Å². The Hall–Kier alpha value is -2.54. The first-order valence-electron chi connectivity index (χ1n) is 7.16. The molecule has 0 aliphatic rings. The summed E-state index contributed by atoms with van der Waals surface area (Å²) in [7, 11) is 0. The molecule has 0 fully saturated rings. The predicted octanol–water partition coefficient (Wildman–Crippen LogP) is 3.41. The number of ether oxygens (including phenoxy) is 1. The molecular formula is C16H15ClN2O5. The quantitative estimate of drug-likeness (QED) is 0.722. The first-order valence-corrected chi connectivity index (χ1v) is 7.54. The third-order valence-corrected chi connectivity index (χ3v) is 3.63. The maximum absolute atomic E-state index is 11.7. The maximum atomic E-state index is 11.7. The summed E-state index contributed by atoms with van der Waals surface area (Å²) in [5.74, 6) is 0.347. The zero-order valence-corrected chi connectivity index (χ0v) is 14.0. The van der Waals surface area contributed by atoms with E-state index in [1.54, 1.807) is 0 Å². The third-order valence-electron chi connectivity index (χ3n) is 3.33. The van der Waals surface area contributed by atoms with Crippen LogP contribution in [-0.2, 0) is 12.0 Å². The van der Waals surface area contributed by atoms with Crippen molar-refractivity contribution < 1.29 is 18.8 Å². The lowest BCUT2D eigenvalue weighted by Gasteiger charge is -2.10. The van der Waals surface area contributed by atoms with Gasteiger partial charge in [-0.25, -0.2) is 4.79 Å². The van der Waals surface area contributed by atoms with Gasteiger partial charge in [0.1, 0.15) is 17.9 Å². The molecular weight excluding hydrogens is 336 g/mol. The molecule has 0 spiro atoms. The molecule has 2 heterocycles. The number of rotatable bonds is 3. The highest BCUT2D eigenvalue weighted by Crippen LogP contribution is 2.30. The van der Waals surface area contributed by atoms with Gasteiger partial charge in [0.2, 0.25) is 0 Å². The number of phenols is 1. The van der Waals surface area contributed by atoms with Gasteiger partial charge in [0.15, 0.2) is 5.82 Å². The Kier molecular flexibility index (Phi) is 3.96. The molecule has 0 aliphatic heterocycles. The molecule has 0 radical (unpaired) electrons. The Bertz CT molecular complexity index is 955. The monoisotopic (exact) mass is 350 g/mol. The summed E-state index contributed by atoms with van der Waals surface area (Å²) in [5, 5.41) is 14.2. The number of fused-ring (bicyclic) bond motifs is 1. The molecule has 7 nitrogen and oxygen atoms in total. The Morgan fingerprint density at radius 3 is 2.71 bits per heavy atom. The summed E-state index contributed by atoms with van der Waals surface area (Å²) in [4.78, 5) is 15.8. The second-order valence-corrected chi connectivity index (χ2v) is 6.72. The summed E-state index contributed by atoms with van der Waals surface area (Å²) in [6, 6.07) is 4.08. The smallest absolute Gasteiger partial charge is 0.417 e. The summed E-state index contributed by atoms with van der Waals surface area (Å²) in [6.45, 7) is 5.86. The lowest BCUT2D eigenvalue weighted by atomic mass is 9.96. The largest absolute Gasteiger partial charge is 0.506 e. The van der Waals surface area contributed by atoms with Gasteiger partial charge in [-0.2, -0.15) is 4.98 Å². The molecule has 3 rings (SSSR count). The maximum Gasteiger partial charge on any atom is 0.417 e. The molecule has 0 aliphatic carbocycles. The minimum Gasteiger partial charge on any atom is -0.506 e. The van der Waals surface area contributed by atoms with Crippen molar-refractivity contribution >= 4 is 22.6 Å². The third kappa shape index (κ3) is 3.21. The standard InChI is InChI=1S/C16H15ClN2O5/c1-16(2,3)14-18-15(24-19-14)22-7-8-4-13(21)23-12-6-11(20)10(17)5-9(8)12/h4-6,20H,7H2,1-3H3. The van der Waals surface area contributed by atoms with Gasteiger partial charge < -0.3 is 14.3 Å². The fourth-order valence-corrected chi connectivity index (χ4v) is 2.23. The van der Waals surface area contributed by atoms with Crippen LogP contribution in [0.4, 0.5) is 0 Å². The fourth-order valence-electron chi connectivity index (χ4n) is 2.07. The van der Waals surface area contributed by atoms with Crippen molar-refractivity contribution in [3.05, 3.63) is 45.0 Å². The van der Waals surface area contributed by atoms with Crippen LogP contribution in [0.5, 0.6) is 11.8 Å². The minimum atomic E-state index is -0.566. The summed E-state index contributed by atoms with van der Waals surface area (Å²) >= 11 is 5.92. The Balaban J connectivity index is 1.91. The van der Waals surface area contributed by atoms with E-state index in [-0.39, 0.29) is 34.5 Å². The molecule has 3 aromatic rings. The molecule has 0 bridgehead atoms. The van der Waals surface area contributed by atoms with Crippen molar-refractivity contribution in [2.24, 2.45) is 0 Å². The predicted molar refractivity (Wildman–Crippen MR) is 86.5 cm³/mol. The van der Waals surface area contributed by atoms with E-state index in [0.717, 1.165) is 0 Å². The topological polar surface area (TPSA) is 98.6 Å². The zero-order valence-electron chi connectivity index (χ0n) is 13.3. The summed E-state index contributed by atoms with van der Waals surface area (Å²) < 4.78 is 15.6. The number of halogens is 1. The van der Waals surface area contributed by atoms with E-state index >= 15 is 0 Å². The lowest BCUT2D eigenvalue weighted by Crippen LogP contribution is -2.13. The van der Waals surface area contributed by atoms with Crippen LogP contribution >= 0.6 is 11.6 Å². The van der Waals surface area contributed by atoms with Crippen LogP contribution in [0.3, 0.4) is 0 Å². The molecule has 0 atom stereocenters. The number of aromatic nitrogens is 2.